The Morgan fingerprint density at radius 3 is 2.43 bits per heavy atom. The smallest absolute Gasteiger partial charge is 0.202 e. The van der Waals surface area contributed by atoms with Crippen LogP contribution in [0.15, 0.2) is 29.0 Å². The fraction of sp³-hybridized carbons (Fsp3) is 0.423. The highest BCUT2D eigenvalue weighted by molar-refractivity contribution is 6.25. The van der Waals surface area contributed by atoms with E-state index in [9.17, 15) is 39.9 Å². The van der Waals surface area contributed by atoms with Crippen molar-refractivity contribution in [1.29, 1.82) is 0 Å². The van der Waals surface area contributed by atoms with E-state index in [1.165, 1.54) is 17.9 Å². The number of carbonyl (C=O) groups excluding carboxylic acids is 3. The third kappa shape index (κ3) is 3.48. The zero-order valence-corrected chi connectivity index (χ0v) is 19.8. The van der Waals surface area contributed by atoms with Gasteiger partial charge in [-0.25, -0.2) is 0 Å². The number of carbonyl (C=O) groups is 3. The van der Waals surface area contributed by atoms with Crippen molar-refractivity contribution in [3.63, 3.8) is 0 Å². The van der Waals surface area contributed by atoms with E-state index in [1.54, 1.807) is 20.2 Å². The molecular formula is C26H27NO8. The molecule has 1 fully saturated rings. The molecule has 9 heteroatoms. The van der Waals surface area contributed by atoms with Crippen molar-refractivity contribution in [2.75, 3.05) is 14.1 Å². The zero-order valence-electron chi connectivity index (χ0n) is 19.8. The number of aromatic hydroxyl groups is 1. The summed E-state index contributed by atoms with van der Waals surface area (Å²) in [5.74, 6) is -0.647. The number of hydrogen-bond acceptors (Lipinski definition) is 9. The molecule has 0 saturated heterocycles. The highest BCUT2D eigenvalue weighted by atomic mass is 16.3. The minimum absolute atomic E-state index is 0.0182. The van der Waals surface area contributed by atoms with E-state index in [0.29, 0.717) is 11.1 Å². The van der Waals surface area contributed by atoms with Gasteiger partial charge in [0.25, 0.3) is 0 Å². The van der Waals surface area contributed by atoms with Gasteiger partial charge in [-0.1, -0.05) is 11.8 Å². The molecule has 4 rings (SSSR count). The Labute approximate surface area is 202 Å². The third-order valence-electron chi connectivity index (χ3n) is 7.13. The van der Waals surface area contributed by atoms with Gasteiger partial charge in [0, 0.05) is 17.1 Å². The van der Waals surface area contributed by atoms with Crippen LogP contribution in [0.25, 0.3) is 5.76 Å². The lowest BCUT2D eigenvalue weighted by Gasteiger charge is -2.50. The van der Waals surface area contributed by atoms with Crippen LogP contribution < -0.4 is 0 Å². The van der Waals surface area contributed by atoms with Crippen molar-refractivity contribution < 1.29 is 39.9 Å². The van der Waals surface area contributed by atoms with Gasteiger partial charge in [-0.15, -0.1) is 0 Å². The van der Waals surface area contributed by atoms with Gasteiger partial charge in [-0.3, -0.25) is 19.3 Å². The Morgan fingerprint density at radius 1 is 1.20 bits per heavy atom. The fourth-order valence-corrected chi connectivity index (χ4v) is 5.65. The molecule has 0 spiro atoms. The number of aliphatic hydroxyl groups is 4. The molecule has 0 radical (unpaired) electrons. The van der Waals surface area contributed by atoms with Crippen LogP contribution in [0.5, 0.6) is 5.75 Å². The van der Waals surface area contributed by atoms with E-state index >= 15 is 0 Å². The Morgan fingerprint density at radius 2 is 1.86 bits per heavy atom. The number of benzene rings is 1. The molecule has 184 valence electrons. The highest BCUT2D eigenvalue weighted by Gasteiger charge is 2.64. The van der Waals surface area contributed by atoms with Crippen LogP contribution in [0.4, 0.5) is 0 Å². The van der Waals surface area contributed by atoms with E-state index in [2.05, 4.69) is 11.8 Å². The van der Waals surface area contributed by atoms with Crippen LogP contribution >= 0.6 is 0 Å². The van der Waals surface area contributed by atoms with Gasteiger partial charge in [0.05, 0.1) is 11.6 Å². The summed E-state index contributed by atoms with van der Waals surface area (Å²) in [4.78, 5) is 40.6. The number of ketones is 3. The second-order valence-corrected chi connectivity index (χ2v) is 9.58. The predicted octanol–water partition coefficient (Wildman–Crippen LogP) is 0.800. The van der Waals surface area contributed by atoms with Gasteiger partial charge in [-0.05, 0) is 64.4 Å². The molecule has 1 aromatic rings. The van der Waals surface area contributed by atoms with E-state index in [4.69, 9.17) is 0 Å². The van der Waals surface area contributed by atoms with Gasteiger partial charge >= 0.3 is 0 Å². The maximum Gasteiger partial charge on any atom is 0.202 e. The van der Waals surface area contributed by atoms with Crippen LogP contribution in [0.3, 0.4) is 0 Å². The monoisotopic (exact) mass is 481 g/mol. The molecule has 0 aliphatic heterocycles. The quantitative estimate of drug-likeness (QED) is 0.305. The van der Waals surface area contributed by atoms with E-state index in [1.807, 2.05) is 0 Å². The molecule has 5 N–H and O–H groups in total. The summed E-state index contributed by atoms with van der Waals surface area (Å²) in [5.41, 5.74) is -2.52. The number of phenols is 1. The molecule has 0 heterocycles. The minimum Gasteiger partial charge on any atom is -0.508 e. The Bertz CT molecular complexity index is 1290. The topological polar surface area (TPSA) is 156 Å². The first-order valence-corrected chi connectivity index (χ1v) is 11.2. The average Bonchev–Trinajstić information content (AvgIpc) is 2.75. The molecule has 1 unspecified atom stereocenters. The zero-order chi connectivity index (χ0) is 26.0. The molecule has 3 aliphatic carbocycles. The number of phenolic OH excluding ortho intramolecular Hbond substituents is 1. The first-order valence-electron chi connectivity index (χ1n) is 11.2. The molecule has 9 nitrogen and oxygen atoms in total. The Balaban J connectivity index is 1.97. The second kappa shape index (κ2) is 8.34. The van der Waals surface area contributed by atoms with Crippen molar-refractivity contribution >= 4 is 23.1 Å². The van der Waals surface area contributed by atoms with Crippen LogP contribution in [0.1, 0.15) is 37.0 Å². The average molecular weight is 482 g/mol. The van der Waals surface area contributed by atoms with E-state index in [0.717, 1.165) is 6.92 Å². The molecule has 35 heavy (non-hydrogen) atoms. The largest absolute Gasteiger partial charge is 0.508 e. The molecule has 0 aromatic heterocycles. The molecular weight excluding hydrogens is 454 g/mol. The lowest BCUT2D eigenvalue weighted by Crippen LogP contribution is -2.65. The van der Waals surface area contributed by atoms with E-state index in [-0.39, 0.29) is 29.7 Å². The minimum atomic E-state index is -2.60. The summed E-state index contributed by atoms with van der Waals surface area (Å²) in [7, 11) is 3.16. The van der Waals surface area contributed by atoms with Crippen LogP contribution in [-0.2, 0) is 20.8 Å². The van der Waals surface area contributed by atoms with Crippen LogP contribution in [0.2, 0.25) is 0 Å². The fourth-order valence-electron chi connectivity index (χ4n) is 5.65. The predicted molar refractivity (Wildman–Crippen MR) is 124 cm³/mol. The maximum atomic E-state index is 13.8. The molecule has 3 aliphatic rings. The summed E-state index contributed by atoms with van der Waals surface area (Å²) in [6.45, 7) is 2.56. The van der Waals surface area contributed by atoms with Crippen LogP contribution in [-0.4, -0.2) is 79.6 Å². The van der Waals surface area contributed by atoms with Crippen LogP contribution in [0, 0.1) is 23.7 Å². The number of aliphatic hydroxyl groups excluding tert-OH is 3. The van der Waals surface area contributed by atoms with Crippen molar-refractivity contribution in [3.05, 3.63) is 45.7 Å². The standard InChI is InChI=1S/C26H27NO8/c1-11(28)5-6-13-7-8-17(30)20-15(13)9-14-10-16-21(27(3)4)23(32)18(12(2)29)24(33)26(16,35)25(34)19(14)22(20)31/h7-8,11,14,16,21,28,30-31,33,35H,9-10H2,1-4H3/t11?,14-,16-,21-,26+/m0/s1. The lowest BCUT2D eigenvalue weighted by atomic mass is 9.57. The summed E-state index contributed by atoms with van der Waals surface area (Å²) in [6.07, 6.45) is -0.721. The van der Waals surface area contributed by atoms with Crippen molar-refractivity contribution in [3.8, 4) is 17.6 Å². The first-order chi connectivity index (χ1) is 16.3. The first kappa shape index (κ1) is 24.7. The van der Waals surface area contributed by atoms with Crippen molar-refractivity contribution in [2.45, 2.75) is 44.4 Å². The summed E-state index contributed by atoms with van der Waals surface area (Å²) in [5, 5.41) is 53.7. The number of likely N-dealkylation sites (N-methyl/N-ethyl adjacent to an activating group) is 1. The number of rotatable bonds is 2. The second-order valence-electron chi connectivity index (χ2n) is 9.58. The molecule has 1 aromatic carbocycles. The van der Waals surface area contributed by atoms with Gasteiger partial charge in [0.1, 0.15) is 28.9 Å². The van der Waals surface area contributed by atoms with Crippen molar-refractivity contribution in [2.24, 2.45) is 11.8 Å². The highest BCUT2D eigenvalue weighted by Crippen LogP contribution is 2.52. The number of nitrogens with zero attached hydrogens (tertiary/aromatic N) is 1. The molecule has 5 atom stereocenters. The van der Waals surface area contributed by atoms with Gasteiger partial charge in [0.2, 0.25) is 5.78 Å². The maximum absolute atomic E-state index is 13.8. The molecule has 0 amide bonds. The third-order valence-corrected chi connectivity index (χ3v) is 7.13. The summed E-state index contributed by atoms with van der Waals surface area (Å²) < 4.78 is 0. The van der Waals surface area contributed by atoms with Gasteiger partial charge in [-0.2, -0.15) is 0 Å². The molecule has 1 saturated carbocycles. The van der Waals surface area contributed by atoms with Gasteiger partial charge in [0.15, 0.2) is 17.2 Å². The van der Waals surface area contributed by atoms with Gasteiger partial charge < -0.3 is 25.5 Å². The number of Topliss-reactive ketones (excluding diaryl/α,β-unsaturated/α-hetero) is 3. The number of hydrogen-bond donors (Lipinski definition) is 5. The summed E-state index contributed by atoms with van der Waals surface area (Å²) >= 11 is 0. The van der Waals surface area contributed by atoms with Crippen molar-refractivity contribution in [1.82, 2.24) is 4.90 Å². The summed E-state index contributed by atoms with van der Waals surface area (Å²) in [6, 6.07) is 1.78. The number of fused-ring (bicyclic) bond motifs is 3. The SMILES string of the molecule is CC(=O)C1=C(O)[C@@]2(O)C(=O)C3=C(O)c4c(O)ccc(C#CC(C)O)c4C[C@H]3C[C@H]2[C@H](N(C)C)C1=O. The Hall–Kier alpha value is -3.45. The molecule has 0 bridgehead atoms. The Kier molecular flexibility index (Phi) is 5.88. The normalized spacial score (nSPS) is 28.7. The lowest BCUT2D eigenvalue weighted by molar-refractivity contribution is -0.153. The van der Waals surface area contributed by atoms with E-state index < -0.39 is 64.0 Å².